The van der Waals surface area contributed by atoms with E-state index in [0.717, 1.165) is 57.6 Å². The number of para-hydroxylation sites is 1. The Bertz CT molecular complexity index is 869. The molecule has 1 amide bonds. The largest absolute Gasteiger partial charge is 0.481 e. The van der Waals surface area contributed by atoms with Gasteiger partial charge in [-0.2, -0.15) is 0 Å². The van der Waals surface area contributed by atoms with E-state index in [2.05, 4.69) is 53.5 Å². The maximum absolute atomic E-state index is 12.8. The number of carbonyl (C=O) groups excluding carboxylic acids is 1. The fourth-order valence-corrected chi connectivity index (χ4v) is 4.96. The first-order valence-corrected chi connectivity index (χ1v) is 11.8. The zero-order chi connectivity index (χ0) is 21.7. The highest BCUT2D eigenvalue weighted by Gasteiger charge is 2.35. The number of hydrogen-bond acceptors (Lipinski definition) is 3. The van der Waals surface area contributed by atoms with Crippen LogP contribution in [-0.4, -0.2) is 36.5 Å². The molecule has 0 radical (unpaired) electrons. The Balaban J connectivity index is 1.39. The number of rotatable bonds is 2. The lowest BCUT2D eigenvalue weighted by molar-refractivity contribution is -0.128. The van der Waals surface area contributed by atoms with Gasteiger partial charge in [0.25, 0.3) is 5.91 Å². The third kappa shape index (κ3) is 5.68. The van der Waals surface area contributed by atoms with E-state index in [1.807, 2.05) is 19.1 Å². The van der Waals surface area contributed by atoms with Crippen LogP contribution in [0, 0.1) is 12.3 Å². The standard InChI is InChI=1S/C27H36N2O2/c1-21-10-12-23(13-11-21)19-29-17-15-27(16-18-29)14-6-5-8-24-7-3-4-9-25(24)31-22(2)26(30)28-20-27/h3-4,7,9-13,22H,5-6,8,14-20H2,1-2H3,(H,28,30)/t22-/m1/s1. The van der Waals surface area contributed by atoms with Gasteiger partial charge in [-0.1, -0.05) is 54.4 Å². The van der Waals surface area contributed by atoms with Gasteiger partial charge >= 0.3 is 0 Å². The lowest BCUT2D eigenvalue weighted by atomic mass is 9.74. The molecule has 2 aliphatic rings. The van der Waals surface area contributed by atoms with Crippen molar-refractivity contribution in [3.05, 3.63) is 65.2 Å². The monoisotopic (exact) mass is 420 g/mol. The molecule has 31 heavy (non-hydrogen) atoms. The van der Waals surface area contributed by atoms with Gasteiger partial charge in [0.15, 0.2) is 6.10 Å². The summed E-state index contributed by atoms with van der Waals surface area (Å²) < 4.78 is 6.03. The third-order valence-electron chi connectivity index (χ3n) is 7.13. The fourth-order valence-electron chi connectivity index (χ4n) is 4.96. The van der Waals surface area contributed by atoms with Crippen molar-refractivity contribution < 1.29 is 9.53 Å². The number of hydrogen-bond donors (Lipinski definition) is 1. The number of carbonyl (C=O) groups is 1. The highest BCUT2D eigenvalue weighted by Crippen LogP contribution is 2.37. The molecule has 1 saturated heterocycles. The molecule has 0 bridgehead atoms. The van der Waals surface area contributed by atoms with Crippen LogP contribution in [0.4, 0.5) is 0 Å². The average Bonchev–Trinajstić information content (AvgIpc) is 2.78. The molecule has 2 heterocycles. The van der Waals surface area contributed by atoms with Crippen molar-refractivity contribution in [2.75, 3.05) is 19.6 Å². The number of nitrogens with zero attached hydrogens (tertiary/aromatic N) is 1. The molecule has 2 aromatic rings. The SMILES string of the molecule is Cc1ccc(CN2CCC3(CCCCc4ccccc4O[C@H](C)C(=O)NC3)CC2)cc1. The molecule has 1 spiro atoms. The highest BCUT2D eigenvalue weighted by molar-refractivity contribution is 5.80. The number of benzene rings is 2. The quantitative estimate of drug-likeness (QED) is 0.752. The minimum Gasteiger partial charge on any atom is -0.481 e. The zero-order valence-electron chi connectivity index (χ0n) is 19.0. The summed E-state index contributed by atoms with van der Waals surface area (Å²) in [5.41, 5.74) is 4.12. The fraction of sp³-hybridized carbons (Fsp3) is 0.519. The van der Waals surface area contributed by atoms with E-state index < -0.39 is 6.10 Å². The van der Waals surface area contributed by atoms with E-state index >= 15 is 0 Å². The molecule has 2 aromatic carbocycles. The summed E-state index contributed by atoms with van der Waals surface area (Å²) in [6, 6.07) is 17.0. The van der Waals surface area contributed by atoms with Gasteiger partial charge in [0.05, 0.1) is 0 Å². The Hall–Kier alpha value is -2.33. The molecular weight excluding hydrogens is 384 g/mol. The van der Waals surface area contributed by atoms with Crippen LogP contribution in [0.2, 0.25) is 0 Å². The van der Waals surface area contributed by atoms with Crippen molar-refractivity contribution in [2.45, 2.75) is 65.0 Å². The first kappa shape index (κ1) is 21.9. The zero-order valence-corrected chi connectivity index (χ0v) is 19.0. The molecule has 0 aromatic heterocycles. The maximum atomic E-state index is 12.8. The Morgan fingerprint density at radius 3 is 2.55 bits per heavy atom. The van der Waals surface area contributed by atoms with E-state index in [4.69, 9.17) is 4.74 Å². The van der Waals surface area contributed by atoms with Gasteiger partial charge in [-0.25, -0.2) is 0 Å². The molecule has 0 unspecified atom stereocenters. The summed E-state index contributed by atoms with van der Waals surface area (Å²) >= 11 is 0. The van der Waals surface area contributed by atoms with Gasteiger partial charge in [-0.15, -0.1) is 0 Å². The summed E-state index contributed by atoms with van der Waals surface area (Å²) in [4.78, 5) is 15.3. The van der Waals surface area contributed by atoms with Crippen LogP contribution >= 0.6 is 0 Å². The van der Waals surface area contributed by atoms with Crippen molar-refractivity contribution in [1.82, 2.24) is 10.2 Å². The van der Waals surface area contributed by atoms with Crippen LogP contribution in [0.15, 0.2) is 48.5 Å². The lowest BCUT2D eigenvalue weighted by Crippen LogP contribution is -2.48. The number of nitrogens with one attached hydrogen (secondary N) is 1. The molecule has 1 N–H and O–H groups in total. The molecule has 0 saturated carbocycles. The molecule has 4 rings (SSSR count). The highest BCUT2D eigenvalue weighted by atomic mass is 16.5. The Morgan fingerprint density at radius 1 is 1.03 bits per heavy atom. The van der Waals surface area contributed by atoms with Crippen molar-refractivity contribution in [2.24, 2.45) is 5.41 Å². The average molecular weight is 421 g/mol. The van der Waals surface area contributed by atoms with E-state index in [1.54, 1.807) is 0 Å². The van der Waals surface area contributed by atoms with Crippen molar-refractivity contribution in [3.63, 3.8) is 0 Å². The van der Waals surface area contributed by atoms with Crippen molar-refractivity contribution in [1.29, 1.82) is 0 Å². The van der Waals surface area contributed by atoms with Crippen LogP contribution in [0.5, 0.6) is 5.75 Å². The van der Waals surface area contributed by atoms with Crippen LogP contribution in [-0.2, 0) is 17.8 Å². The normalized spacial score (nSPS) is 22.5. The number of fused-ring (bicyclic) bond motifs is 1. The smallest absolute Gasteiger partial charge is 0.260 e. The molecule has 1 fully saturated rings. The van der Waals surface area contributed by atoms with Gasteiger partial charge in [-0.05, 0) is 81.6 Å². The second-order valence-electron chi connectivity index (χ2n) is 9.55. The maximum Gasteiger partial charge on any atom is 0.260 e. The number of ether oxygens (including phenoxy) is 1. The van der Waals surface area contributed by atoms with Gasteiger partial charge < -0.3 is 10.1 Å². The van der Waals surface area contributed by atoms with Crippen LogP contribution in [0.3, 0.4) is 0 Å². The number of likely N-dealkylation sites (tertiary alicyclic amines) is 1. The molecule has 4 heteroatoms. The number of amides is 1. The molecule has 2 aliphatic heterocycles. The third-order valence-corrected chi connectivity index (χ3v) is 7.13. The van der Waals surface area contributed by atoms with E-state index in [1.165, 1.54) is 29.5 Å². The molecular formula is C27H36N2O2. The van der Waals surface area contributed by atoms with E-state index in [9.17, 15) is 4.79 Å². The minimum absolute atomic E-state index is 0.00293. The summed E-state index contributed by atoms with van der Waals surface area (Å²) in [6.45, 7) is 7.97. The van der Waals surface area contributed by atoms with Gasteiger partial charge in [0, 0.05) is 13.1 Å². The number of piperidine rings is 1. The molecule has 0 aliphatic carbocycles. The summed E-state index contributed by atoms with van der Waals surface area (Å²) in [5, 5.41) is 3.23. The first-order valence-electron chi connectivity index (χ1n) is 11.8. The predicted octanol–water partition coefficient (Wildman–Crippen LogP) is 4.89. The Morgan fingerprint density at radius 2 is 1.77 bits per heavy atom. The first-order chi connectivity index (χ1) is 15.0. The van der Waals surface area contributed by atoms with Crippen LogP contribution < -0.4 is 10.1 Å². The number of aryl methyl sites for hydroxylation is 2. The predicted molar refractivity (Wildman–Crippen MR) is 125 cm³/mol. The summed E-state index contributed by atoms with van der Waals surface area (Å²) in [6.07, 6.45) is 6.37. The Kier molecular flexibility index (Phi) is 6.96. The van der Waals surface area contributed by atoms with E-state index in [0.29, 0.717) is 0 Å². The lowest BCUT2D eigenvalue weighted by Gasteiger charge is -2.42. The summed E-state index contributed by atoms with van der Waals surface area (Å²) in [5.74, 6) is 0.849. The van der Waals surface area contributed by atoms with Gasteiger partial charge in [0.1, 0.15) is 5.75 Å². The topological polar surface area (TPSA) is 41.6 Å². The van der Waals surface area contributed by atoms with E-state index in [-0.39, 0.29) is 11.3 Å². The van der Waals surface area contributed by atoms with Gasteiger partial charge in [0.2, 0.25) is 0 Å². The molecule has 1 atom stereocenters. The molecule has 4 nitrogen and oxygen atoms in total. The minimum atomic E-state index is -0.473. The van der Waals surface area contributed by atoms with Crippen molar-refractivity contribution in [3.8, 4) is 5.75 Å². The van der Waals surface area contributed by atoms with Crippen LogP contribution in [0.1, 0.15) is 55.7 Å². The second-order valence-corrected chi connectivity index (χ2v) is 9.55. The van der Waals surface area contributed by atoms with Crippen LogP contribution in [0.25, 0.3) is 0 Å². The second kappa shape index (κ2) is 9.86. The molecule has 166 valence electrons. The van der Waals surface area contributed by atoms with Crippen molar-refractivity contribution >= 4 is 5.91 Å². The van der Waals surface area contributed by atoms with Gasteiger partial charge in [-0.3, -0.25) is 9.69 Å². The summed E-state index contributed by atoms with van der Waals surface area (Å²) in [7, 11) is 0. The Labute approximate surface area is 187 Å².